The van der Waals surface area contributed by atoms with E-state index in [1.807, 2.05) is 45.9 Å². The Kier molecular flexibility index (Phi) is 12.0. The van der Waals surface area contributed by atoms with Gasteiger partial charge in [-0.3, -0.25) is 9.69 Å². The number of aryl methyl sites for hydroxylation is 1. The highest BCUT2D eigenvalue weighted by Gasteiger charge is 2.33. The van der Waals surface area contributed by atoms with E-state index in [4.69, 9.17) is 19.9 Å². The van der Waals surface area contributed by atoms with Gasteiger partial charge in [-0.25, -0.2) is 4.98 Å². The van der Waals surface area contributed by atoms with Crippen molar-refractivity contribution in [2.45, 2.75) is 97.2 Å². The van der Waals surface area contributed by atoms with Gasteiger partial charge in [-0.2, -0.15) is 4.98 Å². The van der Waals surface area contributed by atoms with Gasteiger partial charge in [0.2, 0.25) is 5.95 Å². The van der Waals surface area contributed by atoms with E-state index in [-0.39, 0.29) is 30.6 Å². The minimum absolute atomic E-state index is 0.0927. The van der Waals surface area contributed by atoms with E-state index < -0.39 is 5.60 Å². The summed E-state index contributed by atoms with van der Waals surface area (Å²) < 4.78 is 17.4. The van der Waals surface area contributed by atoms with Crippen LogP contribution in [-0.2, 0) is 16.0 Å². The number of likely N-dealkylation sites (tertiary alicyclic amines) is 1. The lowest BCUT2D eigenvalue weighted by Gasteiger charge is -2.27. The number of aromatic nitrogens is 2. The maximum Gasteiger partial charge on any atom is 0.323 e. The zero-order valence-corrected chi connectivity index (χ0v) is 25.7. The number of ether oxygens (including phenoxy) is 3. The molecule has 0 bridgehead atoms. The molecule has 2 atom stereocenters. The summed E-state index contributed by atoms with van der Waals surface area (Å²) in [5, 5.41) is 13.0. The number of aliphatic hydroxyl groups is 1. The third-order valence-electron chi connectivity index (χ3n) is 7.21. The number of hydrogen-bond donors (Lipinski definition) is 3. The average Bonchev–Trinajstić information content (AvgIpc) is 3.37. The van der Waals surface area contributed by atoms with Crippen molar-refractivity contribution in [2.24, 2.45) is 0 Å². The van der Waals surface area contributed by atoms with Gasteiger partial charge in [0, 0.05) is 42.9 Å². The van der Waals surface area contributed by atoms with Crippen LogP contribution in [0, 0.1) is 6.92 Å². The second kappa shape index (κ2) is 15.2. The molecule has 41 heavy (non-hydrogen) atoms. The fourth-order valence-electron chi connectivity index (χ4n) is 5.27. The van der Waals surface area contributed by atoms with Crippen molar-refractivity contribution in [3.8, 4) is 11.5 Å². The Labute approximate surface area is 245 Å². The smallest absolute Gasteiger partial charge is 0.323 e. The molecule has 1 fully saturated rings. The Bertz CT molecular complexity index is 1130. The number of esters is 1. The van der Waals surface area contributed by atoms with E-state index in [0.717, 1.165) is 73.5 Å². The van der Waals surface area contributed by atoms with E-state index in [2.05, 4.69) is 27.1 Å². The predicted molar refractivity (Wildman–Crippen MR) is 162 cm³/mol. The number of nitrogens with one attached hydrogen (secondary N) is 1. The Morgan fingerprint density at radius 1 is 1.27 bits per heavy atom. The number of anilines is 2. The summed E-state index contributed by atoms with van der Waals surface area (Å²) in [6.07, 6.45) is 5.72. The fraction of sp³-hybridized carbons (Fsp3) is 0.645. The summed E-state index contributed by atoms with van der Waals surface area (Å²) in [7, 11) is 1.65. The van der Waals surface area contributed by atoms with Crippen LogP contribution < -0.4 is 20.5 Å². The molecule has 1 aliphatic rings. The highest BCUT2D eigenvalue weighted by molar-refractivity contribution is 5.76. The number of rotatable bonds is 15. The van der Waals surface area contributed by atoms with Crippen molar-refractivity contribution in [3.05, 3.63) is 35.0 Å². The molecule has 10 nitrogen and oxygen atoms in total. The first kappa shape index (κ1) is 32.4. The first-order chi connectivity index (χ1) is 19.5. The Balaban J connectivity index is 1.63. The van der Waals surface area contributed by atoms with Gasteiger partial charge in [0.15, 0.2) is 0 Å². The first-order valence-corrected chi connectivity index (χ1v) is 14.8. The highest BCUT2D eigenvalue weighted by Crippen LogP contribution is 2.30. The number of nitrogens with two attached hydrogens (primary N) is 1. The fourth-order valence-corrected chi connectivity index (χ4v) is 5.27. The molecule has 2 aromatic rings. The van der Waals surface area contributed by atoms with Crippen LogP contribution in [0.3, 0.4) is 0 Å². The topological polar surface area (TPSA) is 132 Å². The lowest BCUT2D eigenvalue weighted by molar-refractivity contribution is -0.160. The van der Waals surface area contributed by atoms with Gasteiger partial charge in [-0.15, -0.1) is 0 Å². The highest BCUT2D eigenvalue weighted by atomic mass is 16.6. The van der Waals surface area contributed by atoms with E-state index in [1.54, 1.807) is 7.11 Å². The Morgan fingerprint density at radius 3 is 2.73 bits per heavy atom. The molecule has 2 heterocycles. The molecule has 228 valence electrons. The molecule has 0 saturated carbocycles. The third kappa shape index (κ3) is 9.74. The Hall–Kier alpha value is -3.11. The number of carbonyl (C=O) groups excluding carboxylic acids is 1. The van der Waals surface area contributed by atoms with Crippen molar-refractivity contribution in [2.75, 3.05) is 44.5 Å². The summed E-state index contributed by atoms with van der Waals surface area (Å²) in [6, 6.07) is 5.78. The predicted octanol–water partition coefficient (Wildman–Crippen LogP) is 4.50. The first-order valence-electron chi connectivity index (χ1n) is 14.8. The van der Waals surface area contributed by atoms with Gasteiger partial charge in [0.25, 0.3) is 0 Å². The molecule has 0 aliphatic carbocycles. The summed E-state index contributed by atoms with van der Waals surface area (Å²) in [5.74, 6) is 2.22. The molecule has 1 unspecified atom stereocenters. The number of hydrogen-bond acceptors (Lipinski definition) is 10. The number of nitrogens with zero attached hydrogens (tertiary/aromatic N) is 3. The van der Waals surface area contributed by atoms with Crippen molar-refractivity contribution in [3.63, 3.8) is 0 Å². The number of benzene rings is 1. The van der Waals surface area contributed by atoms with Crippen LogP contribution in [-0.4, -0.2) is 77.0 Å². The Morgan fingerprint density at radius 2 is 2.05 bits per heavy atom. The third-order valence-corrected chi connectivity index (χ3v) is 7.21. The zero-order valence-electron chi connectivity index (χ0n) is 25.7. The largest absolute Gasteiger partial charge is 0.496 e. The van der Waals surface area contributed by atoms with Crippen LogP contribution >= 0.6 is 0 Å². The molecule has 3 rings (SSSR count). The average molecular weight is 572 g/mol. The van der Waals surface area contributed by atoms with Gasteiger partial charge in [-0.1, -0.05) is 19.4 Å². The van der Waals surface area contributed by atoms with Gasteiger partial charge >= 0.3 is 5.97 Å². The quantitative estimate of drug-likeness (QED) is 0.207. The molecular weight excluding hydrogens is 522 g/mol. The van der Waals surface area contributed by atoms with Crippen molar-refractivity contribution in [1.29, 1.82) is 0 Å². The molecule has 1 aliphatic heterocycles. The summed E-state index contributed by atoms with van der Waals surface area (Å²) in [5.41, 5.74) is 8.23. The minimum atomic E-state index is -0.477. The van der Waals surface area contributed by atoms with Gasteiger partial charge in [0.05, 0.1) is 13.7 Å². The molecule has 0 amide bonds. The van der Waals surface area contributed by atoms with Crippen LogP contribution in [0.5, 0.6) is 11.5 Å². The molecule has 0 spiro atoms. The molecular formula is C31H49N5O5. The second-order valence-corrected chi connectivity index (χ2v) is 11.7. The van der Waals surface area contributed by atoms with Crippen LogP contribution in [0.4, 0.5) is 11.8 Å². The monoisotopic (exact) mass is 571 g/mol. The standard InChI is InChI=1S/C31H49N5O5/c1-7-10-23(14-17-37)34-28-25(21(2)33-30(32)35-28)19-22-12-13-24(20-27(22)39-6)40-18-9-16-36-15-8-11-26(36)29(38)41-31(3,4)5/h12-13,20,23,26,37H,7-11,14-19H2,1-6H3,(H3,32,33,34,35)/t23-,26?/m0/s1. The molecule has 4 N–H and O–H groups in total. The number of carbonyl (C=O) groups is 1. The second-order valence-electron chi connectivity index (χ2n) is 11.7. The van der Waals surface area contributed by atoms with Crippen LogP contribution in [0.15, 0.2) is 18.2 Å². The summed E-state index contributed by atoms with van der Waals surface area (Å²) >= 11 is 0. The lowest BCUT2D eigenvalue weighted by atomic mass is 10.0. The maximum absolute atomic E-state index is 12.6. The number of aliphatic hydroxyl groups excluding tert-OH is 1. The summed E-state index contributed by atoms with van der Waals surface area (Å²) in [4.78, 5) is 23.7. The SMILES string of the molecule is CCC[C@@H](CCO)Nc1nc(N)nc(C)c1Cc1ccc(OCCCN2CCCC2C(=O)OC(C)(C)C)cc1OC. The molecule has 1 aromatic carbocycles. The van der Waals surface area contributed by atoms with E-state index in [9.17, 15) is 9.90 Å². The number of methoxy groups -OCH3 is 1. The zero-order chi connectivity index (χ0) is 30.0. The molecule has 1 saturated heterocycles. The minimum Gasteiger partial charge on any atom is -0.496 e. The van der Waals surface area contributed by atoms with E-state index in [1.165, 1.54) is 0 Å². The van der Waals surface area contributed by atoms with Crippen molar-refractivity contribution < 1.29 is 24.1 Å². The van der Waals surface area contributed by atoms with Crippen molar-refractivity contribution >= 4 is 17.7 Å². The van der Waals surface area contributed by atoms with Crippen LogP contribution in [0.25, 0.3) is 0 Å². The lowest BCUT2D eigenvalue weighted by Crippen LogP contribution is -2.41. The molecule has 1 aromatic heterocycles. The van der Waals surface area contributed by atoms with Crippen LogP contribution in [0.1, 0.15) is 83.0 Å². The summed E-state index contributed by atoms with van der Waals surface area (Å²) in [6.45, 7) is 12.1. The van der Waals surface area contributed by atoms with Gasteiger partial charge in [-0.05, 0) is 78.0 Å². The number of nitrogen functional groups attached to an aromatic ring is 1. The van der Waals surface area contributed by atoms with Crippen molar-refractivity contribution in [1.82, 2.24) is 14.9 Å². The molecule has 0 radical (unpaired) electrons. The molecule has 10 heteroatoms. The normalized spacial score (nSPS) is 16.4. The van der Waals surface area contributed by atoms with Gasteiger partial charge < -0.3 is 30.4 Å². The van der Waals surface area contributed by atoms with Gasteiger partial charge in [0.1, 0.15) is 29.0 Å². The van der Waals surface area contributed by atoms with E-state index >= 15 is 0 Å². The van der Waals surface area contributed by atoms with Crippen LogP contribution in [0.2, 0.25) is 0 Å². The van der Waals surface area contributed by atoms with E-state index in [0.29, 0.717) is 25.3 Å². The maximum atomic E-state index is 12.6.